The molecule has 1 aliphatic heterocycles. The fraction of sp³-hybridized carbons (Fsp3) is 0.179. The van der Waals surface area contributed by atoms with E-state index < -0.39 is 40.9 Å². The van der Waals surface area contributed by atoms with Crippen molar-refractivity contribution in [2.24, 2.45) is 0 Å². The lowest BCUT2D eigenvalue weighted by Gasteiger charge is -2.20. The average Bonchev–Trinajstić information content (AvgIpc) is 3.21. The number of carbonyl (C=O) groups excluding carboxylic acids is 2. The van der Waals surface area contributed by atoms with Crippen LogP contribution in [0.25, 0.3) is 17.3 Å². The van der Waals surface area contributed by atoms with Crippen LogP contribution in [0, 0.1) is 0 Å². The topological polar surface area (TPSA) is 90.8 Å². The summed E-state index contributed by atoms with van der Waals surface area (Å²) < 4.78 is 80.0. The third kappa shape index (κ3) is 7.40. The van der Waals surface area contributed by atoms with E-state index in [1.54, 1.807) is 0 Å². The number of carbonyl (C=O) groups is 3. The Labute approximate surface area is 249 Å². The van der Waals surface area contributed by atoms with E-state index in [-0.39, 0.29) is 51.1 Å². The van der Waals surface area contributed by atoms with Gasteiger partial charge >= 0.3 is 18.3 Å². The molecule has 0 unspecified atom stereocenters. The number of thioether (sulfide) groups is 1. The Hall–Kier alpha value is -4.24. The fourth-order valence-electron chi connectivity index (χ4n) is 3.97. The first-order valence-electron chi connectivity index (χ1n) is 12.2. The molecule has 7 nitrogen and oxygen atoms in total. The fourth-order valence-corrected chi connectivity index (χ4v) is 5.26. The van der Waals surface area contributed by atoms with Gasteiger partial charge in [0.2, 0.25) is 5.91 Å². The number of aromatic nitrogens is 1. The predicted molar refractivity (Wildman–Crippen MR) is 151 cm³/mol. The number of benzene rings is 2. The number of carboxylic acid groups (broad SMARTS) is 1. The van der Waals surface area contributed by atoms with Gasteiger partial charge in [-0.2, -0.15) is 26.3 Å². The summed E-state index contributed by atoms with van der Waals surface area (Å²) in [6, 6.07) is 10.8. The van der Waals surface area contributed by atoms with Crippen molar-refractivity contribution in [3.05, 3.63) is 88.0 Å². The molecule has 0 aliphatic carbocycles. The number of aromatic carboxylic acids is 1. The maximum Gasteiger partial charge on any atom is 0.416 e. The molecule has 43 heavy (non-hydrogen) atoms. The Bertz CT molecular complexity index is 1610. The number of carboxylic acids is 1. The zero-order valence-corrected chi connectivity index (χ0v) is 23.5. The van der Waals surface area contributed by atoms with E-state index in [0.29, 0.717) is 17.8 Å². The van der Waals surface area contributed by atoms with Gasteiger partial charge in [0.05, 0.1) is 33.0 Å². The maximum atomic E-state index is 13.3. The summed E-state index contributed by atoms with van der Waals surface area (Å²) >= 11 is 6.18. The summed E-state index contributed by atoms with van der Waals surface area (Å²) in [5.41, 5.74) is -2.98. The minimum atomic E-state index is -5.02. The van der Waals surface area contributed by atoms with Gasteiger partial charge in [-0.15, -0.1) is 0 Å². The molecule has 2 aromatic carbocycles. The highest BCUT2D eigenvalue weighted by Gasteiger charge is 2.37. The highest BCUT2D eigenvalue weighted by Crippen LogP contribution is 2.39. The lowest BCUT2D eigenvalue weighted by Crippen LogP contribution is -2.34. The smallest absolute Gasteiger partial charge is 0.416 e. The van der Waals surface area contributed by atoms with Gasteiger partial charge in [0, 0.05) is 31.3 Å². The Morgan fingerprint density at radius 2 is 1.60 bits per heavy atom. The minimum absolute atomic E-state index is 0.0241. The SMILES string of the molecule is CN(C(=O)CCN1C(=O)/C(=C/c2cccc(-c3cc(C(F)(F)F)cc(C(F)(F)F)c3)n2)SC1=S)c1ccc(C(=O)O)cc1. The third-order valence-corrected chi connectivity index (χ3v) is 7.61. The number of anilines is 1. The van der Waals surface area contributed by atoms with Crippen molar-refractivity contribution in [2.75, 3.05) is 18.5 Å². The molecule has 0 atom stereocenters. The number of nitrogens with zero attached hydrogens (tertiary/aromatic N) is 3. The number of hydrogen-bond donors (Lipinski definition) is 1. The first-order valence-corrected chi connectivity index (χ1v) is 13.4. The molecule has 224 valence electrons. The molecule has 2 heterocycles. The summed E-state index contributed by atoms with van der Waals surface area (Å²) in [6.07, 6.45) is -8.87. The molecule has 0 spiro atoms. The second-order valence-corrected chi connectivity index (χ2v) is 10.8. The van der Waals surface area contributed by atoms with E-state index in [9.17, 15) is 40.7 Å². The van der Waals surface area contributed by atoms with Gasteiger partial charge in [0.25, 0.3) is 5.91 Å². The Balaban J connectivity index is 1.50. The van der Waals surface area contributed by atoms with Crippen LogP contribution in [0.1, 0.15) is 33.6 Å². The predicted octanol–water partition coefficient (Wildman–Crippen LogP) is 6.74. The second-order valence-electron chi connectivity index (χ2n) is 9.13. The summed E-state index contributed by atoms with van der Waals surface area (Å²) in [6.45, 7) is -0.0731. The van der Waals surface area contributed by atoms with Crippen molar-refractivity contribution in [1.29, 1.82) is 0 Å². The van der Waals surface area contributed by atoms with E-state index in [1.165, 1.54) is 65.4 Å². The zero-order chi connectivity index (χ0) is 31.7. The number of pyridine rings is 1. The molecule has 2 amide bonds. The van der Waals surface area contributed by atoms with Crippen LogP contribution in [0.5, 0.6) is 0 Å². The van der Waals surface area contributed by atoms with Gasteiger partial charge in [-0.25, -0.2) is 9.78 Å². The van der Waals surface area contributed by atoms with E-state index in [4.69, 9.17) is 17.3 Å². The number of hydrogen-bond acceptors (Lipinski definition) is 6. The largest absolute Gasteiger partial charge is 0.478 e. The van der Waals surface area contributed by atoms with Crippen molar-refractivity contribution in [3.63, 3.8) is 0 Å². The molecule has 0 bridgehead atoms. The van der Waals surface area contributed by atoms with Crippen molar-refractivity contribution in [2.45, 2.75) is 18.8 Å². The van der Waals surface area contributed by atoms with Gasteiger partial charge in [-0.1, -0.05) is 30.0 Å². The van der Waals surface area contributed by atoms with Crippen LogP contribution >= 0.6 is 24.0 Å². The molecule has 0 radical (unpaired) electrons. The van der Waals surface area contributed by atoms with Crippen molar-refractivity contribution in [3.8, 4) is 11.3 Å². The van der Waals surface area contributed by atoms with Gasteiger partial charge in [0.15, 0.2) is 0 Å². The quantitative estimate of drug-likeness (QED) is 0.174. The maximum absolute atomic E-state index is 13.3. The first kappa shape index (κ1) is 31.7. The third-order valence-electron chi connectivity index (χ3n) is 6.23. The Morgan fingerprint density at radius 3 is 2.16 bits per heavy atom. The molecule has 1 fully saturated rings. The molecule has 1 N–H and O–H groups in total. The Morgan fingerprint density at radius 1 is 1.00 bits per heavy atom. The van der Waals surface area contributed by atoms with Gasteiger partial charge in [-0.3, -0.25) is 14.5 Å². The molecule has 15 heteroatoms. The second kappa shape index (κ2) is 12.2. The minimum Gasteiger partial charge on any atom is -0.478 e. The molecular weight excluding hydrogens is 620 g/mol. The van der Waals surface area contributed by atoms with Crippen molar-refractivity contribution < 1.29 is 45.8 Å². The normalized spacial score (nSPS) is 14.9. The van der Waals surface area contributed by atoms with Crippen LogP contribution in [0.3, 0.4) is 0 Å². The van der Waals surface area contributed by atoms with Crippen LogP contribution in [0.2, 0.25) is 0 Å². The lowest BCUT2D eigenvalue weighted by molar-refractivity contribution is -0.143. The zero-order valence-electron chi connectivity index (χ0n) is 21.9. The molecule has 1 saturated heterocycles. The number of thiocarbonyl (C=S) groups is 1. The highest BCUT2D eigenvalue weighted by atomic mass is 32.2. The lowest BCUT2D eigenvalue weighted by atomic mass is 10.0. The van der Waals surface area contributed by atoms with Crippen LogP contribution in [0.15, 0.2) is 65.6 Å². The molecule has 4 rings (SSSR count). The van der Waals surface area contributed by atoms with Crippen LogP contribution in [0.4, 0.5) is 32.0 Å². The number of alkyl halides is 6. The van der Waals surface area contributed by atoms with E-state index in [1.807, 2.05) is 0 Å². The number of rotatable bonds is 7. The molecule has 3 aromatic rings. The molecule has 0 saturated carbocycles. The highest BCUT2D eigenvalue weighted by molar-refractivity contribution is 8.26. The van der Waals surface area contributed by atoms with E-state index in [2.05, 4.69) is 4.98 Å². The molecule has 1 aliphatic rings. The number of amides is 2. The summed E-state index contributed by atoms with van der Waals surface area (Å²) in [5, 5.41) is 9.02. The van der Waals surface area contributed by atoms with Gasteiger partial charge in [-0.05, 0) is 60.7 Å². The van der Waals surface area contributed by atoms with Crippen LogP contribution < -0.4 is 4.90 Å². The summed E-state index contributed by atoms with van der Waals surface area (Å²) in [5.74, 6) is -2.05. The molecular formula is C28H19F6N3O4S2. The standard InChI is InChI=1S/C28H19F6N3O4S2/c1-36(20-7-5-15(6-8-20)25(40)41)23(38)9-10-37-24(39)22(43-26(37)42)14-19-3-2-4-21(35-19)16-11-17(27(29,30)31)13-18(12-16)28(32,33)34/h2-8,11-14H,9-10H2,1H3,(H,40,41)/b22-14-. The van der Waals surface area contributed by atoms with Gasteiger partial charge in [0.1, 0.15) is 4.32 Å². The Kier molecular flexibility index (Phi) is 8.97. The average molecular weight is 640 g/mol. The van der Waals surface area contributed by atoms with E-state index in [0.717, 1.165) is 11.8 Å². The molecule has 1 aromatic heterocycles. The first-order chi connectivity index (χ1) is 20.0. The number of halogens is 6. The van der Waals surface area contributed by atoms with Crippen LogP contribution in [-0.4, -0.2) is 50.7 Å². The van der Waals surface area contributed by atoms with Crippen molar-refractivity contribution in [1.82, 2.24) is 9.88 Å². The van der Waals surface area contributed by atoms with E-state index >= 15 is 0 Å². The summed E-state index contributed by atoms with van der Waals surface area (Å²) in [7, 11) is 1.49. The van der Waals surface area contributed by atoms with Crippen LogP contribution in [-0.2, 0) is 21.9 Å². The summed E-state index contributed by atoms with van der Waals surface area (Å²) in [4.78, 5) is 43.5. The van der Waals surface area contributed by atoms with Gasteiger partial charge < -0.3 is 10.0 Å². The van der Waals surface area contributed by atoms with Crippen molar-refractivity contribution >= 4 is 57.8 Å². The monoisotopic (exact) mass is 639 g/mol.